The molecular formula is C16H23N3S. The molecule has 0 aliphatic heterocycles. The van der Waals surface area contributed by atoms with E-state index in [-0.39, 0.29) is 5.41 Å². The standard InChI is InChI=1S/C16H23N3S/c1-16(2,3)14-7-13(9-17)8-15(18-14)19(4)10-12-5-6-20-11-12/h5-8,11H,9-10,17H2,1-4H3. The summed E-state index contributed by atoms with van der Waals surface area (Å²) in [6.07, 6.45) is 0. The first-order chi connectivity index (χ1) is 9.40. The molecule has 0 fully saturated rings. The number of hydrogen-bond acceptors (Lipinski definition) is 4. The summed E-state index contributed by atoms with van der Waals surface area (Å²) in [6, 6.07) is 6.35. The van der Waals surface area contributed by atoms with E-state index >= 15 is 0 Å². The van der Waals surface area contributed by atoms with Gasteiger partial charge in [0.2, 0.25) is 0 Å². The van der Waals surface area contributed by atoms with E-state index in [2.05, 4.69) is 61.7 Å². The Hall–Kier alpha value is -1.39. The number of hydrogen-bond donors (Lipinski definition) is 1. The van der Waals surface area contributed by atoms with Gasteiger partial charge in [-0.15, -0.1) is 0 Å². The molecule has 0 atom stereocenters. The molecule has 0 amide bonds. The van der Waals surface area contributed by atoms with Gasteiger partial charge in [0.15, 0.2) is 0 Å². The monoisotopic (exact) mass is 289 g/mol. The number of pyridine rings is 1. The van der Waals surface area contributed by atoms with E-state index < -0.39 is 0 Å². The molecule has 2 aromatic rings. The van der Waals surface area contributed by atoms with Gasteiger partial charge in [-0.1, -0.05) is 20.8 Å². The third-order valence-corrected chi connectivity index (χ3v) is 4.00. The maximum absolute atomic E-state index is 5.82. The SMILES string of the molecule is CN(Cc1ccsc1)c1cc(CN)cc(C(C)(C)C)n1. The fraction of sp³-hybridized carbons (Fsp3) is 0.438. The van der Waals surface area contributed by atoms with Gasteiger partial charge in [-0.3, -0.25) is 0 Å². The summed E-state index contributed by atoms with van der Waals surface area (Å²) >= 11 is 1.72. The summed E-state index contributed by atoms with van der Waals surface area (Å²) in [6.45, 7) is 7.95. The fourth-order valence-corrected chi connectivity index (χ4v) is 2.67. The van der Waals surface area contributed by atoms with E-state index in [4.69, 9.17) is 10.7 Å². The summed E-state index contributed by atoms with van der Waals surface area (Å²) in [5.74, 6) is 0.990. The van der Waals surface area contributed by atoms with Crippen LogP contribution in [0.5, 0.6) is 0 Å². The van der Waals surface area contributed by atoms with Crippen molar-refractivity contribution in [2.75, 3.05) is 11.9 Å². The minimum atomic E-state index is 0.0309. The third kappa shape index (κ3) is 3.58. The van der Waals surface area contributed by atoms with Crippen LogP contribution in [0.2, 0.25) is 0 Å². The smallest absolute Gasteiger partial charge is 0.129 e. The van der Waals surface area contributed by atoms with E-state index in [1.807, 2.05) is 0 Å². The second kappa shape index (κ2) is 5.94. The van der Waals surface area contributed by atoms with Gasteiger partial charge in [0, 0.05) is 31.2 Å². The molecule has 2 N–H and O–H groups in total. The van der Waals surface area contributed by atoms with Crippen molar-refractivity contribution in [1.82, 2.24) is 4.98 Å². The highest BCUT2D eigenvalue weighted by atomic mass is 32.1. The lowest BCUT2D eigenvalue weighted by Crippen LogP contribution is -2.21. The third-order valence-electron chi connectivity index (χ3n) is 3.27. The molecule has 0 bridgehead atoms. The fourth-order valence-electron chi connectivity index (χ4n) is 2.01. The van der Waals surface area contributed by atoms with Crippen molar-refractivity contribution in [3.8, 4) is 0 Å². The molecule has 0 spiro atoms. The highest BCUT2D eigenvalue weighted by Gasteiger charge is 2.18. The second-order valence-corrected chi connectivity index (χ2v) is 6.94. The van der Waals surface area contributed by atoms with Gasteiger partial charge in [-0.25, -0.2) is 4.98 Å². The molecule has 108 valence electrons. The van der Waals surface area contributed by atoms with Gasteiger partial charge < -0.3 is 10.6 Å². The van der Waals surface area contributed by atoms with Gasteiger partial charge >= 0.3 is 0 Å². The molecular weight excluding hydrogens is 266 g/mol. The van der Waals surface area contributed by atoms with Crippen LogP contribution in [0.1, 0.15) is 37.6 Å². The number of rotatable bonds is 4. The zero-order valence-corrected chi connectivity index (χ0v) is 13.5. The van der Waals surface area contributed by atoms with Gasteiger partial charge in [-0.2, -0.15) is 11.3 Å². The summed E-state index contributed by atoms with van der Waals surface area (Å²) in [4.78, 5) is 6.98. The number of nitrogens with zero attached hydrogens (tertiary/aromatic N) is 2. The number of anilines is 1. The molecule has 2 rings (SSSR count). The predicted octanol–water partition coefficient (Wildman–Crippen LogP) is 3.54. The van der Waals surface area contributed by atoms with Crippen LogP contribution in [0.25, 0.3) is 0 Å². The molecule has 0 saturated carbocycles. The van der Waals surface area contributed by atoms with Crippen LogP contribution in [0.3, 0.4) is 0 Å². The normalized spacial score (nSPS) is 11.7. The van der Waals surface area contributed by atoms with Crippen molar-refractivity contribution in [3.05, 3.63) is 45.8 Å². The molecule has 0 unspecified atom stereocenters. The van der Waals surface area contributed by atoms with E-state index in [1.54, 1.807) is 11.3 Å². The van der Waals surface area contributed by atoms with Crippen LogP contribution in [-0.2, 0) is 18.5 Å². The molecule has 0 aliphatic rings. The molecule has 20 heavy (non-hydrogen) atoms. The minimum Gasteiger partial charge on any atom is -0.355 e. The van der Waals surface area contributed by atoms with Gasteiger partial charge in [0.05, 0.1) is 0 Å². The zero-order valence-electron chi connectivity index (χ0n) is 12.7. The van der Waals surface area contributed by atoms with Gasteiger partial charge in [0.25, 0.3) is 0 Å². The topological polar surface area (TPSA) is 42.1 Å². The molecule has 2 heterocycles. The maximum Gasteiger partial charge on any atom is 0.129 e. The molecule has 3 nitrogen and oxygen atoms in total. The molecule has 0 aromatic carbocycles. The molecule has 0 aliphatic carbocycles. The van der Waals surface area contributed by atoms with Crippen LogP contribution >= 0.6 is 11.3 Å². The Labute approximate surface area is 125 Å². The minimum absolute atomic E-state index is 0.0309. The maximum atomic E-state index is 5.82. The second-order valence-electron chi connectivity index (χ2n) is 6.16. The van der Waals surface area contributed by atoms with E-state index in [1.165, 1.54) is 5.56 Å². The molecule has 0 radical (unpaired) electrons. The van der Waals surface area contributed by atoms with Crippen LogP contribution in [0.15, 0.2) is 29.0 Å². The Morgan fingerprint density at radius 1 is 1.25 bits per heavy atom. The summed E-state index contributed by atoms with van der Waals surface area (Å²) in [5, 5.41) is 4.28. The highest BCUT2D eigenvalue weighted by Crippen LogP contribution is 2.25. The van der Waals surface area contributed by atoms with E-state index in [9.17, 15) is 0 Å². The first-order valence-corrected chi connectivity index (χ1v) is 7.78. The lowest BCUT2D eigenvalue weighted by Gasteiger charge is -2.24. The quantitative estimate of drug-likeness (QED) is 0.936. The Balaban J connectivity index is 2.30. The summed E-state index contributed by atoms with van der Waals surface area (Å²) in [5.41, 5.74) is 9.39. The number of thiophene rings is 1. The first-order valence-electron chi connectivity index (χ1n) is 6.84. The van der Waals surface area contributed by atoms with Crippen molar-refractivity contribution >= 4 is 17.2 Å². The zero-order chi connectivity index (χ0) is 14.8. The Morgan fingerprint density at radius 2 is 2.00 bits per heavy atom. The van der Waals surface area contributed by atoms with E-state index in [0.717, 1.165) is 23.6 Å². The van der Waals surface area contributed by atoms with Gasteiger partial charge in [-0.05, 0) is 40.1 Å². The largest absolute Gasteiger partial charge is 0.355 e. The summed E-state index contributed by atoms with van der Waals surface area (Å²) < 4.78 is 0. The Kier molecular flexibility index (Phi) is 4.45. The molecule has 2 aromatic heterocycles. The van der Waals surface area contributed by atoms with Crippen molar-refractivity contribution in [2.24, 2.45) is 5.73 Å². The van der Waals surface area contributed by atoms with Crippen LogP contribution < -0.4 is 10.6 Å². The molecule has 4 heteroatoms. The number of aromatic nitrogens is 1. The Bertz CT molecular complexity index is 556. The lowest BCUT2D eigenvalue weighted by molar-refractivity contribution is 0.567. The van der Waals surface area contributed by atoms with Crippen LogP contribution in [0, 0.1) is 0 Å². The van der Waals surface area contributed by atoms with Crippen molar-refractivity contribution in [3.63, 3.8) is 0 Å². The average Bonchev–Trinajstić information content (AvgIpc) is 2.90. The van der Waals surface area contributed by atoms with Gasteiger partial charge in [0.1, 0.15) is 5.82 Å². The van der Waals surface area contributed by atoms with Crippen molar-refractivity contribution in [2.45, 2.75) is 39.3 Å². The highest BCUT2D eigenvalue weighted by molar-refractivity contribution is 7.07. The first kappa shape index (κ1) is 15.0. The van der Waals surface area contributed by atoms with Crippen molar-refractivity contribution < 1.29 is 0 Å². The Morgan fingerprint density at radius 3 is 2.55 bits per heavy atom. The number of nitrogens with two attached hydrogens (primary N) is 1. The lowest BCUT2D eigenvalue weighted by atomic mass is 9.90. The van der Waals surface area contributed by atoms with Crippen LogP contribution in [0.4, 0.5) is 5.82 Å². The van der Waals surface area contributed by atoms with Crippen LogP contribution in [-0.4, -0.2) is 12.0 Å². The van der Waals surface area contributed by atoms with Crippen molar-refractivity contribution in [1.29, 1.82) is 0 Å². The summed E-state index contributed by atoms with van der Waals surface area (Å²) in [7, 11) is 2.08. The predicted molar refractivity (Wildman–Crippen MR) is 87.3 cm³/mol. The average molecular weight is 289 g/mol. The van der Waals surface area contributed by atoms with E-state index in [0.29, 0.717) is 6.54 Å². The molecule has 0 saturated heterocycles.